The molecule has 178 valence electrons. The molecule has 5 atom stereocenters. The molecule has 0 radical (unpaired) electrons. The minimum Gasteiger partial charge on any atom is -0.511 e. The monoisotopic (exact) mass is 467 g/mol. The van der Waals surface area contributed by atoms with Gasteiger partial charge in [-0.2, -0.15) is 0 Å². The van der Waals surface area contributed by atoms with E-state index in [0.29, 0.717) is 11.1 Å². The predicted octanol–water partition coefficient (Wildman–Crippen LogP) is 1.68. The fourth-order valence-electron chi connectivity index (χ4n) is 6.17. The average Bonchev–Trinajstić information content (AvgIpc) is 3.31. The van der Waals surface area contributed by atoms with E-state index >= 15 is 0 Å². The number of amides is 1. The summed E-state index contributed by atoms with van der Waals surface area (Å²) in [7, 11) is 0. The van der Waals surface area contributed by atoms with Gasteiger partial charge in [0.15, 0.2) is 11.4 Å². The predicted molar refractivity (Wildman–Crippen MR) is 119 cm³/mol. The number of primary amides is 1. The highest BCUT2D eigenvalue weighted by Crippen LogP contribution is 2.55. The third-order valence-corrected chi connectivity index (χ3v) is 7.89. The Bertz CT molecular complexity index is 1270. The van der Waals surface area contributed by atoms with Crippen molar-refractivity contribution in [1.29, 1.82) is 0 Å². The van der Waals surface area contributed by atoms with Crippen LogP contribution in [0.25, 0.3) is 5.57 Å². The summed E-state index contributed by atoms with van der Waals surface area (Å²) >= 11 is 0. The van der Waals surface area contributed by atoms with Gasteiger partial charge in [0, 0.05) is 29.4 Å². The van der Waals surface area contributed by atoms with Gasteiger partial charge in [0.2, 0.25) is 5.78 Å². The standard InChI is InChI=1S/C25H25NO8/c1-9-11-6-7-12(10-4-2-3-5-10)19(28)16(11)21(30)18-15(9)20(29)13-8-14(27)17(24(26)33)22(31)25(13,34)23(18)32/h4,6-7,9,13,15,20,27-29,32,34H,2-3,5,8H2,1H3,(H2,26,33)/t9-,13+,15+,20+,25+/m0/s1. The van der Waals surface area contributed by atoms with E-state index in [1.165, 1.54) is 0 Å². The lowest BCUT2D eigenvalue weighted by atomic mass is 9.56. The lowest BCUT2D eigenvalue weighted by molar-refractivity contribution is -0.154. The maximum atomic E-state index is 13.7. The number of hydrogen-bond acceptors (Lipinski definition) is 8. The van der Waals surface area contributed by atoms with Crippen molar-refractivity contribution in [3.05, 3.63) is 57.6 Å². The molecule has 9 nitrogen and oxygen atoms in total. The van der Waals surface area contributed by atoms with E-state index in [9.17, 15) is 39.9 Å². The van der Waals surface area contributed by atoms with Crippen LogP contribution >= 0.6 is 0 Å². The molecule has 0 spiro atoms. The number of hydrogen-bond donors (Lipinski definition) is 6. The van der Waals surface area contributed by atoms with E-state index < -0.39 is 76.0 Å². The minimum atomic E-state index is -2.82. The number of ketones is 2. The molecular weight excluding hydrogens is 442 g/mol. The number of aliphatic hydroxyl groups excluding tert-OH is 3. The van der Waals surface area contributed by atoms with Crippen molar-refractivity contribution in [2.75, 3.05) is 0 Å². The van der Waals surface area contributed by atoms with Gasteiger partial charge in [-0.15, -0.1) is 0 Å². The molecule has 1 amide bonds. The zero-order valence-corrected chi connectivity index (χ0v) is 18.4. The number of carbonyl (C=O) groups is 3. The second-order valence-corrected chi connectivity index (χ2v) is 9.54. The van der Waals surface area contributed by atoms with E-state index in [4.69, 9.17) is 5.73 Å². The molecule has 7 N–H and O–H groups in total. The minimum absolute atomic E-state index is 0.0541. The highest BCUT2D eigenvalue weighted by Gasteiger charge is 2.64. The average molecular weight is 467 g/mol. The summed E-state index contributed by atoms with van der Waals surface area (Å²) in [5, 5.41) is 55.0. The molecule has 9 heteroatoms. The van der Waals surface area contributed by atoms with Crippen LogP contribution in [0.1, 0.15) is 60.0 Å². The summed E-state index contributed by atoms with van der Waals surface area (Å²) in [4.78, 5) is 38.5. The van der Waals surface area contributed by atoms with Crippen LogP contribution in [-0.4, -0.2) is 54.7 Å². The Labute approximate surface area is 194 Å². The lowest BCUT2D eigenvalue weighted by Gasteiger charge is -2.50. The van der Waals surface area contributed by atoms with Gasteiger partial charge in [-0.1, -0.05) is 25.1 Å². The summed E-state index contributed by atoms with van der Waals surface area (Å²) < 4.78 is 0. The first kappa shape index (κ1) is 22.4. The van der Waals surface area contributed by atoms with Crippen LogP contribution in [0.2, 0.25) is 0 Å². The number of benzene rings is 1. The number of Topliss-reactive ketones (excluding diaryl/α,β-unsaturated/α-hetero) is 2. The number of rotatable bonds is 2. The summed E-state index contributed by atoms with van der Waals surface area (Å²) in [5.41, 5.74) is 2.91. The van der Waals surface area contributed by atoms with Crippen molar-refractivity contribution in [1.82, 2.24) is 0 Å². The van der Waals surface area contributed by atoms with Crippen molar-refractivity contribution in [2.45, 2.75) is 50.2 Å². The van der Waals surface area contributed by atoms with Crippen molar-refractivity contribution >= 4 is 23.0 Å². The molecule has 0 heterocycles. The Hall–Kier alpha value is -3.43. The summed E-state index contributed by atoms with van der Waals surface area (Å²) in [6.45, 7) is 1.71. The zero-order valence-electron chi connectivity index (χ0n) is 18.4. The van der Waals surface area contributed by atoms with E-state index in [0.717, 1.165) is 24.8 Å². The summed E-state index contributed by atoms with van der Waals surface area (Å²) in [5.74, 6) is -8.44. The molecule has 4 aliphatic carbocycles. The normalized spacial score (nSPS) is 32.9. The van der Waals surface area contributed by atoms with Crippen LogP contribution in [0, 0.1) is 11.8 Å². The van der Waals surface area contributed by atoms with Gasteiger partial charge in [0.25, 0.3) is 5.91 Å². The number of phenols is 1. The molecule has 0 saturated carbocycles. The van der Waals surface area contributed by atoms with Crippen LogP contribution in [0.15, 0.2) is 40.9 Å². The van der Waals surface area contributed by atoms with E-state index in [2.05, 4.69) is 0 Å². The van der Waals surface area contributed by atoms with Crippen LogP contribution in [0.5, 0.6) is 5.75 Å². The van der Waals surface area contributed by atoms with Crippen LogP contribution in [0.4, 0.5) is 0 Å². The van der Waals surface area contributed by atoms with Crippen molar-refractivity contribution in [3.63, 3.8) is 0 Å². The first-order valence-electron chi connectivity index (χ1n) is 11.2. The van der Waals surface area contributed by atoms with Crippen molar-refractivity contribution < 1.29 is 39.9 Å². The van der Waals surface area contributed by atoms with E-state index in [1.807, 2.05) is 6.08 Å². The molecule has 0 saturated heterocycles. The Balaban J connectivity index is 1.73. The Morgan fingerprint density at radius 3 is 2.50 bits per heavy atom. The molecular formula is C25H25NO8. The number of fused-ring (bicyclic) bond motifs is 3. The maximum absolute atomic E-state index is 13.7. The molecule has 34 heavy (non-hydrogen) atoms. The number of phenolic OH excluding ortho intramolecular Hbond substituents is 1. The van der Waals surface area contributed by atoms with Crippen molar-refractivity contribution in [3.8, 4) is 5.75 Å². The van der Waals surface area contributed by atoms with E-state index in [-0.39, 0.29) is 11.3 Å². The quantitative estimate of drug-likeness (QED) is 0.356. The topological polar surface area (TPSA) is 178 Å². The first-order valence-corrected chi connectivity index (χ1v) is 11.2. The molecule has 5 rings (SSSR count). The zero-order chi connectivity index (χ0) is 24.7. The van der Waals surface area contributed by atoms with Gasteiger partial charge < -0.3 is 31.3 Å². The van der Waals surface area contributed by atoms with Gasteiger partial charge in [0.1, 0.15) is 22.8 Å². The lowest BCUT2D eigenvalue weighted by Crippen LogP contribution is -2.62. The highest BCUT2D eigenvalue weighted by atomic mass is 16.4. The van der Waals surface area contributed by atoms with Gasteiger partial charge in [-0.3, -0.25) is 14.4 Å². The molecule has 0 aliphatic heterocycles. The maximum Gasteiger partial charge on any atom is 0.255 e. The number of nitrogens with two attached hydrogens (primary N) is 1. The fraction of sp³-hybridized carbons (Fsp3) is 0.400. The fourth-order valence-corrected chi connectivity index (χ4v) is 6.17. The second kappa shape index (κ2) is 7.28. The van der Waals surface area contributed by atoms with Gasteiger partial charge in [0.05, 0.1) is 11.7 Å². The summed E-state index contributed by atoms with van der Waals surface area (Å²) in [6.07, 6.45) is 2.49. The van der Waals surface area contributed by atoms with Gasteiger partial charge in [-0.25, -0.2) is 0 Å². The molecule has 0 bridgehead atoms. The van der Waals surface area contributed by atoms with Crippen LogP contribution in [-0.2, 0) is 9.59 Å². The summed E-state index contributed by atoms with van der Waals surface area (Å²) in [6, 6.07) is 3.44. The number of allylic oxidation sites excluding steroid dienone is 3. The smallest absolute Gasteiger partial charge is 0.255 e. The SMILES string of the molecule is C[C@H]1c2ccc(C3=CCCC3)c(O)c2C(=O)C2=C(O)[C@]3(O)C(=O)C(C(N)=O)=C(O)C[C@@H]3[C@@H](O)[C@@H]21. The third kappa shape index (κ3) is 2.65. The highest BCUT2D eigenvalue weighted by molar-refractivity contribution is 6.24. The van der Waals surface area contributed by atoms with Crippen LogP contribution < -0.4 is 5.73 Å². The Morgan fingerprint density at radius 2 is 1.88 bits per heavy atom. The van der Waals surface area contributed by atoms with Crippen LogP contribution in [0.3, 0.4) is 0 Å². The molecule has 1 aromatic carbocycles. The number of carbonyl (C=O) groups excluding carboxylic acids is 3. The Morgan fingerprint density at radius 1 is 1.18 bits per heavy atom. The van der Waals surface area contributed by atoms with Gasteiger partial charge in [-0.05, 0) is 36.3 Å². The Kier molecular flexibility index (Phi) is 4.79. The van der Waals surface area contributed by atoms with Crippen molar-refractivity contribution in [2.24, 2.45) is 17.6 Å². The third-order valence-electron chi connectivity index (χ3n) is 7.89. The molecule has 0 fully saturated rings. The molecule has 4 aliphatic rings. The largest absolute Gasteiger partial charge is 0.511 e. The van der Waals surface area contributed by atoms with Gasteiger partial charge >= 0.3 is 0 Å². The molecule has 0 unspecified atom stereocenters. The molecule has 1 aromatic rings. The number of aromatic hydroxyl groups is 1. The number of aliphatic hydroxyl groups is 4. The molecule has 0 aromatic heterocycles. The second-order valence-electron chi connectivity index (χ2n) is 9.54. The first-order chi connectivity index (χ1) is 16.0. The van der Waals surface area contributed by atoms with E-state index in [1.54, 1.807) is 19.1 Å².